The van der Waals surface area contributed by atoms with Crippen LogP contribution in [0, 0.1) is 0 Å². The van der Waals surface area contributed by atoms with Gasteiger partial charge in [0.2, 0.25) is 0 Å². The first kappa shape index (κ1) is 10.7. The molecule has 0 aromatic heterocycles. The Morgan fingerprint density at radius 1 is 1.21 bits per heavy atom. The fourth-order valence-electron chi connectivity index (χ4n) is 1.03. The van der Waals surface area contributed by atoms with Crippen LogP contribution >= 0.6 is 0 Å². The van der Waals surface area contributed by atoms with E-state index in [4.69, 9.17) is 0 Å². The Balaban J connectivity index is 3.24. The molecule has 5 heteroatoms. The summed E-state index contributed by atoms with van der Waals surface area (Å²) < 4.78 is 48.7. The van der Waals surface area contributed by atoms with Gasteiger partial charge in [-0.15, -0.1) is 0 Å². The normalized spacial score (nSPS) is 11.4. The lowest BCUT2D eigenvalue weighted by Gasteiger charge is -2.08. The SMILES string of the molecule is O=Cc1cc(CF)cc(C(F)(F)F)c1. The number of aldehydes is 1. The Morgan fingerprint density at radius 3 is 2.29 bits per heavy atom. The van der Waals surface area contributed by atoms with E-state index in [1.807, 2.05) is 0 Å². The molecule has 0 saturated carbocycles. The van der Waals surface area contributed by atoms with Gasteiger partial charge in [-0.25, -0.2) is 4.39 Å². The molecule has 14 heavy (non-hydrogen) atoms. The maximum absolute atomic E-state index is 12.2. The van der Waals surface area contributed by atoms with E-state index in [9.17, 15) is 22.4 Å². The molecule has 0 fully saturated rings. The number of carbonyl (C=O) groups excluding carboxylic acids is 1. The lowest BCUT2D eigenvalue weighted by atomic mass is 10.1. The zero-order valence-electron chi connectivity index (χ0n) is 6.94. The van der Waals surface area contributed by atoms with Crippen molar-refractivity contribution in [2.75, 3.05) is 0 Å². The summed E-state index contributed by atoms with van der Waals surface area (Å²) in [6, 6.07) is 2.46. The molecule has 0 aliphatic carbocycles. The molecule has 0 saturated heterocycles. The summed E-state index contributed by atoms with van der Waals surface area (Å²) in [7, 11) is 0. The minimum absolute atomic E-state index is 0.151. The van der Waals surface area contributed by atoms with Crippen molar-refractivity contribution in [3.63, 3.8) is 0 Å². The lowest BCUT2D eigenvalue weighted by molar-refractivity contribution is -0.137. The third kappa shape index (κ3) is 2.31. The van der Waals surface area contributed by atoms with Crippen LogP contribution in [0.15, 0.2) is 18.2 Å². The lowest BCUT2D eigenvalue weighted by Crippen LogP contribution is -2.06. The van der Waals surface area contributed by atoms with Gasteiger partial charge in [0.25, 0.3) is 0 Å². The molecule has 0 N–H and O–H groups in total. The molecule has 1 nitrogen and oxygen atoms in total. The molecule has 0 atom stereocenters. The first-order chi connectivity index (χ1) is 6.47. The van der Waals surface area contributed by atoms with Gasteiger partial charge in [0, 0.05) is 5.56 Å². The highest BCUT2D eigenvalue weighted by Crippen LogP contribution is 2.30. The Kier molecular flexibility index (Phi) is 2.88. The van der Waals surface area contributed by atoms with E-state index in [0.29, 0.717) is 12.1 Å². The first-order valence-electron chi connectivity index (χ1n) is 3.69. The quantitative estimate of drug-likeness (QED) is 0.537. The van der Waals surface area contributed by atoms with Crippen molar-refractivity contribution in [3.8, 4) is 0 Å². The van der Waals surface area contributed by atoms with Gasteiger partial charge in [-0.3, -0.25) is 4.79 Å². The van der Waals surface area contributed by atoms with Crippen molar-refractivity contribution in [2.24, 2.45) is 0 Å². The van der Waals surface area contributed by atoms with Gasteiger partial charge in [0.15, 0.2) is 0 Å². The Morgan fingerprint density at radius 2 is 1.86 bits per heavy atom. The fraction of sp³-hybridized carbons (Fsp3) is 0.222. The molecule has 76 valence electrons. The van der Waals surface area contributed by atoms with Gasteiger partial charge in [-0.2, -0.15) is 13.2 Å². The molecule has 0 spiro atoms. The number of alkyl halides is 4. The van der Waals surface area contributed by atoms with Crippen LogP contribution < -0.4 is 0 Å². The number of hydrogen-bond donors (Lipinski definition) is 0. The summed E-state index contributed by atoms with van der Waals surface area (Å²) in [4.78, 5) is 10.3. The number of benzene rings is 1. The third-order valence-corrected chi connectivity index (χ3v) is 1.63. The van der Waals surface area contributed by atoms with Crippen LogP contribution in [0.25, 0.3) is 0 Å². The van der Waals surface area contributed by atoms with Crippen molar-refractivity contribution in [2.45, 2.75) is 12.9 Å². The molecular weight excluding hydrogens is 200 g/mol. The zero-order chi connectivity index (χ0) is 10.8. The minimum Gasteiger partial charge on any atom is -0.298 e. The van der Waals surface area contributed by atoms with Gasteiger partial charge in [-0.1, -0.05) is 0 Å². The number of hydrogen-bond acceptors (Lipinski definition) is 1. The van der Waals surface area contributed by atoms with E-state index >= 15 is 0 Å². The van der Waals surface area contributed by atoms with E-state index in [2.05, 4.69) is 0 Å². The molecule has 1 aromatic carbocycles. The summed E-state index contributed by atoms with van der Waals surface area (Å²) in [6.45, 7) is -1.02. The van der Waals surface area contributed by atoms with Crippen molar-refractivity contribution in [1.82, 2.24) is 0 Å². The first-order valence-corrected chi connectivity index (χ1v) is 3.69. The smallest absolute Gasteiger partial charge is 0.298 e. The van der Waals surface area contributed by atoms with E-state index < -0.39 is 18.4 Å². The molecule has 0 amide bonds. The second-order valence-electron chi connectivity index (χ2n) is 2.71. The standard InChI is InChI=1S/C9H6F4O/c10-4-6-1-7(5-14)3-8(2-6)9(11,12)13/h1-3,5H,4H2. The second-order valence-corrected chi connectivity index (χ2v) is 2.71. The summed E-state index contributed by atoms with van der Waals surface area (Å²) in [6.07, 6.45) is -4.29. The topological polar surface area (TPSA) is 17.1 Å². The van der Waals surface area contributed by atoms with E-state index in [1.54, 1.807) is 0 Å². The maximum atomic E-state index is 12.2. The van der Waals surface area contributed by atoms with Crippen LogP contribution in [-0.4, -0.2) is 6.29 Å². The number of carbonyl (C=O) groups is 1. The second kappa shape index (κ2) is 3.77. The van der Waals surface area contributed by atoms with Crippen molar-refractivity contribution in [1.29, 1.82) is 0 Å². The maximum Gasteiger partial charge on any atom is 0.416 e. The molecule has 0 unspecified atom stereocenters. The van der Waals surface area contributed by atoms with Gasteiger partial charge in [0.1, 0.15) is 13.0 Å². The number of halogens is 4. The molecular formula is C9H6F4O. The van der Waals surface area contributed by atoms with E-state index in [-0.39, 0.29) is 17.4 Å². The van der Waals surface area contributed by atoms with Crippen molar-refractivity contribution < 1.29 is 22.4 Å². The summed E-state index contributed by atoms with van der Waals surface area (Å²) in [5, 5.41) is 0. The predicted molar refractivity (Wildman–Crippen MR) is 41.6 cm³/mol. The molecule has 0 radical (unpaired) electrons. The average molecular weight is 206 g/mol. The van der Waals surface area contributed by atoms with Gasteiger partial charge < -0.3 is 0 Å². The molecule has 0 bridgehead atoms. The highest BCUT2D eigenvalue weighted by molar-refractivity contribution is 5.75. The van der Waals surface area contributed by atoms with Gasteiger partial charge in [-0.05, 0) is 23.8 Å². The van der Waals surface area contributed by atoms with E-state index in [1.165, 1.54) is 0 Å². The zero-order valence-corrected chi connectivity index (χ0v) is 6.94. The van der Waals surface area contributed by atoms with Crippen LogP contribution in [0.3, 0.4) is 0 Å². The summed E-state index contributed by atoms with van der Waals surface area (Å²) in [5.74, 6) is 0. The number of rotatable bonds is 2. The summed E-state index contributed by atoms with van der Waals surface area (Å²) in [5.41, 5.74) is -1.33. The highest BCUT2D eigenvalue weighted by Gasteiger charge is 2.31. The van der Waals surface area contributed by atoms with Crippen LogP contribution in [0.1, 0.15) is 21.5 Å². The average Bonchev–Trinajstić information content (AvgIpc) is 2.15. The van der Waals surface area contributed by atoms with Gasteiger partial charge >= 0.3 is 6.18 Å². The third-order valence-electron chi connectivity index (χ3n) is 1.63. The van der Waals surface area contributed by atoms with Gasteiger partial charge in [0.05, 0.1) is 5.56 Å². The van der Waals surface area contributed by atoms with Crippen molar-refractivity contribution in [3.05, 3.63) is 34.9 Å². The minimum atomic E-state index is -4.55. The predicted octanol–water partition coefficient (Wildman–Crippen LogP) is 2.99. The molecule has 1 aromatic rings. The molecule has 0 aliphatic heterocycles. The molecule has 0 heterocycles. The monoisotopic (exact) mass is 206 g/mol. The highest BCUT2D eigenvalue weighted by atomic mass is 19.4. The van der Waals surface area contributed by atoms with Crippen LogP contribution in [-0.2, 0) is 12.9 Å². The van der Waals surface area contributed by atoms with Crippen LogP contribution in [0.5, 0.6) is 0 Å². The Bertz CT molecular complexity index is 343. The van der Waals surface area contributed by atoms with Crippen molar-refractivity contribution >= 4 is 6.29 Å². The Labute approximate surface area is 77.3 Å². The fourth-order valence-corrected chi connectivity index (χ4v) is 1.03. The van der Waals surface area contributed by atoms with E-state index in [0.717, 1.165) is 6.07 Å². The van der Waals surface area contributed by atoms with Crippen LogP contribution in [0.4, 0.5) is 17.6 Å². The molecule has 0 aliphatic rings. The largest absolute Gasteiger partial charge is 0.416 e. The summed E-state index contributed by atoms with van der Waals surface area (Å²) >= 11 is 0. The molecule has 1 rings (SSSR count). The van der Waals surface area contributed by atoms with Crippen LogP contribution in [0.2, 0.25) is 0 Å². The Hall–Kier alpha value is -1.39.